The number of hydrogen-bond acceptors (Lipinski definition) is 6. The number of pyridine rings is 2. The van der Waals surface area contributed by atoms with Crippen molar-refractivity contribution in [2.24, 2.45) is 0 Å². The van der Waals surface area contributed by atoms with Crippen molar-refractivity contribution in [1.29, 1.82) is 0 Å². The lowest BCUT2D eigenvalue weighted by Crippen LogP contribution is -2.27. The minimum absolute atomic E-state index is 0.229. The van der Waals surface area contributed by atoms with E-state index < -0.39 is 0 Å². The molecule has 3 heterocycles. The van der Waals surface area contributed by atoms with Crippen LogP contribution in [-0.4, -0.2) is 40.1 Å². The monoisotopic (exact) mass is 434 g/mol. The van der Waals surface area contributed by atoms with E-state index >= 15 is 0 Å². The first-order valence-electron chi connectivity index (χ1n) is 10.1. The van der Waals surface area contributed by atoms with Crippen molar-refractivity contribution in [2.45, 2.75) is 27.3 Å². The van der Waals surface area contributed by atoms with Gasteiger partial charge in [0.25, 0.3) is 11.6 Å². The van der Waals surface area contributed by atoms with Gasteiger partial charge >= 0.3 is 0 Å². The van der Waals surface area contributed by atoms with Crippen LogP contribution < -0.4 is 4.74 Å². The highest BCUT2D eigenvalue weighted by molar-refractivity contribution is 6.06. The maximum atomic E-state index is 13.5. The van der Waals surface area contributed by atoms with Gasteiger partial charge in [-0.05, 0) is 51.1 Å². The zero-order valence-electron chi connectivity index (χ0n) is 18.6. The second-order valence-corrected chi connectivity index (χ2v) is 7.72. The predicted octanol–water partition coefficient (Wildman–Crippen LogP) is 4.63. The maximum Gasteiger partial charge on any atom is 0.259 e. The van der Waals surface area contributed by atoms with E-state index in [1.54, 1.807) is 50.4 Å². The van der Waals surface area contributed by atoms with E-state index in [2.05, 4.69) is 15.1 Å². The number of fused-ring (bicyclic) bond motifs is 1. The quantitative estimate of drug-likeness (QED) is 0.456. The molecule has 0 atom stereocenters. The Labute approximate surface area is 184 Å². The highest BCUT2D eigenvalue weighted by atomic mass is 19.1. The van der Waals surface area contributed by atoms with Gasteiger partial charge in [-0.25, -0.2) is 9.37 Å². The van der Waals surface area contributed by atoms with Crippen LogP contribution in [0.5, 0.6) is 5.75 Å². The molecule has 1 aromatic carbocycles. The van der Waals surface area contributed by atoms with Crippen molar-refractivity contribution in [3.8, 4) is 17.0 Å². The van der Waals surface area contributed by atoms with Crippen molar-refractivity contribution in [2.75, 3.05) is 14.2 Å². The number of ether oxygens (including phenoxy) is 1. The second kappa shape index (κ2) is 8.37. The van der Waals surface area contributed by atoms with Crippen molar-refractivity contribution >= 4 is 17.0 Å². The van der Waals surface area contributed by atoms with Gasteiger partial charge < -0.3 is 14.2 Å². The van der Waals surface area contributed by atoms with Gasteiger partial charge in [0.15, 0.2) is 0 Å². The zero-order chi connectivity index (χ0) is 23.0. The first-order valence-corrected chi connectivity index (χ1v) is 10.1. The summed E-state index contributed by atoms with van der Waals surface area (Å²) in [6, 6.07) is 7.60. The number of aromatic nitrogens is 3. The lowest BCUT2D eigenvalue weighted by Gasteiger charge is -2.20. The summed E-state index contributed by atoms with van der Waals surface area (Å²) < 4.78 is 24.2. The van der Waals surface area contributed by atoms with Crippen LogP contribution in [0.15, 0.2) is 41.1 Å². The number of carbonyl (C=O) groups is 1. The molecule has 0 aliphatic heterocycles. The fraction of sp³-hybridized carbons (Fsp3) is 0.250. The third-order valence-corrected chi connectivity index (χ3v) is 5.47. The largest absolute Gasteiger partial charge is 0.496 e. The molecule has 0 saturated heterocycles. The van der Waals surface area contributed by atoms with Gasteiger partial charge in [-0.15, -0.1) is 0 Å². The third-order valence-electron chi connectivity index (χ3n) is 5.47. The molecule has 4 rings (SSSR count). The smallest absolute Gasteiger partial charge is 0.259 e. The summed E-state index contributed by atoms with van der Waals surface area (Å²) in [4.78, 5) is 24.0. The molecule has 4 aromatic rings. The molecule has 3 aromatic heterocycles. The van der Waals surface area contributed by atoms with Gasteiger partial charge in [-0.1, -0.05) is 5.16 Å². The molecule has 32 heavy (non-hydrogen) atoms. The first kappa shape index (κ1) is 21.4. The van der Waals surface area contributed by atoms with Crippen molar-refractivity contribution in [3.63, 3.8) is 0 Å². The SMILES string of the molecule is COc1c(C)cnc(CN(C)C(=O)c2cc(-c3ccc(F)cc3)nc3onc(C)c23)c1C. The Bertz CT molecular complexity index is 1320. The molecule has 0 radical (unpaired) electrons. The van der Waals surface area contributed by atoms with Crippen molar-refractivity contribution < 1.29 is 18.4 Å². The summed E-state index contributed by atoms with van der Waals surface area (Å²) in [5.41, 5.74) is 4.97. The second-order valence-electron chi connectivity index (χ2n) is 7.72. The van der Waals surface area contributed by atoms with Crippen LogP contribution in [0.4, 0.5) is 4.39 Å². The number of nitrogens with zero attached hydrogens (tertiary/aromatic N) is 4. The molecule has 0 saturated carbocycles. The van der Waals surface area contributed by atoms with Gasteiger partial charge in [-0.2, -0.15) is 0 Å². The number of carbonyl (C=O) groups excluding carboxylic acids is 1. The van der Waals surface area contributed by atoms with E-state index in [9.17, 15) is 9.18 Å². The van der Waals surface area contributed by atoms with Gasteiger partial charge in [0.1, 0.15) is 11.6 Å². The standard InChI is InChI=1S/C24H23FN4O3/c1-13-11-26-20(14(2)22(13)31-5)12-29(4)24(30)18-10-19(16-6-8-17(25)9-7-16)27-23-21(18)15(3)28-32-23/h6-11H,12H2,1-5H3. The Morgan fingerprint density at radius 3 is 2.59 bits per heavy atom. The molecule has 0 aliphatic rings. The Balaban J connectivity index is 1.74. The predicted molar refractivity (Wildman–Crippen MR) is 118 cm³/mol. The van der Waals surface area contributed by atoms with E-state index in [0.717, 1.165) is 22.6 Å². The Hall–Kier alpha value is -3.81. The number of halogens is 1. The van der Waals surface area contributed by atoms with E-state index in [-0.39, 0.29) is 17.4 Å². The summed E-state index contributed by atoms with van der Waals surface area (Å²) in [7, 11) is 3.33. The van der Waals surface area contributed by atoms with E-state index in [0.29, 0.717) is 34.4 Å². The average Bonchev–Trinajstić information content (AvgIpc) is 3.16. The van der Waals surface area contributed by atoms with Crippen molar-refractivity contribution in [1.82, 2.24) is 20.0 Å². The molecular formula is C24H23FN4O3. The van der Waals surface area contributed by atoms with E-state index in [1.165, 1.54) is 12.1 Å². The molecule has 0 N–H and O–H groups in total. The van der Waals surface area contributed by atoms with Gasteiger partial charge in [0, 0.05) is 29.9 Å². The van der Waals surface area contributed by atoms with Crippen LogP contribution in [-0.2, 0) is 6.54 Å². The Morgan fingerprint density at radius 1 is 1.19 bits per heavy atom. The number of hydrogen-bond donors (Lipinski definition) is 0. The van der Waals surface area contributed by atoms with Crippen LogP contribution in [0.1, 0.15) is 32.9 Å². The summed E-state index contributed by atoms with van der Waals surface area (Å²) >= 11 is 0. The Kier molecular flexibility index (Phi) is 5.61. The molecule has 0 bridgehead atoms. The lowest BCUT2D eigenvalue weighted by atomic mass is 10.0. The molecular weight excluding hydrogens is 411 g/mol. The number of rotatable bonds is 5. The summed E-state index contributed by atoms with van der Waals surface area (Å²) in [5, 5.41) is 4.53. The molecule has 164 valence electrons. The Morgan fingerprint density at radius 2 is 1.91 bits per heavy atom. The zero-order valence-corrected chi connectivity index (χ0v) is 18.6. The van der Waals surface area contributed by atoms with Crippen LogP contribution in [0.2, 0.25) is 0 Å². The van der Waals surface area contributed by atoms with Crippen LogP contribution in [0.3, 0.4) is 0 Å². The first-order chi connectivity index (χ1) is 15.3. The van der Waals surface area contributed by atoms with Gasteiger partial charge in [0.05, 0.1) is 41.7 Å². The van der Waals surface area contributed by atoms with E-state index in [4.69, 9.17) is 9.26 Å². The molecule has 0 aliphatic carbocycles. The number of benzene rings is 1. The maximum absolute atomic E-state index is 13.5. The number of methoxy groups -OCH3 is 1. The molecule has 1 amide bonds. The van der Waals surface area contributed by atoms with Crippen LogP contribution >= 0.6 is 0 Å². The van der Waals surface area contributed by atoms with Crippen LogP contribution in [0, 0.1) is 26.6 Å². The fourth-order valence-corrected chi connectivity index (χ4v) is 3.76. The minimum atomic E-state index is -0.349. The lowest BCUT2D eigenvalue weighted by molar-refractivity contribution is 0.0785. The topological polar surface area (TPSA) is 81.4 Å². The summed E-state index contributed by atoms with van der Waals surface area (Å²) in [6.45, 7) is 5.91. The highest BCUT2D eigenvalue weighted by Gasteiger charge is 2.23. The highest BCUT2D eigenvalue weighted by Crippen LogP contribution is 2.29. The number of aryl methyl sites for hydroxylation is 2. The molecule has 8 heteroatoms. The summed E-state index contributed by atoms with van der Waals surface area (Å²) in [5.74, 6) is 0.182. The molecule has 7 nitrogen and oxygen atoms in total. The molecule has 0 spiro atoms. The average molecular weight is 434 g/mol. The van der Waals surface area contributed by atoms with Crippen molar-refractivity contribution in [3.05, 3.63) is 70.4 Å². The van der Waals surface area contributed by atoms with Gasteiger partial charge in [0.2, 0.25) is 0 Å². The fourth-order valence-electron chi connectivity index (χ4n) is 3.76. The molecule has 0 fully saturated rings. The summed E-state index contributed by atoms with van der Waals surface area (Å²) in [6.07, 6.45) is 1.74. The number of amides is 1. The molecule has 0 unspecified atom stereocenters. The third kappa shape index (κ3) is 3.79. The van der Waals surface area contributed by atoms with E-state index in [1.807, 2.05) is 13.8 Å². The minimum Gasteiger partial charge on any atom is -0.496 e. The van der Waals surface area contributed by atoms with Gasteiger partial charge in [-0.3, -0.25) is 9.78 Å². The normalized spacial score (nSPS) is 11.1. The van der Waals surface area contributed by atoms with Crippen LogP contribution in [0.25, 0.3) is 22.4 Å².